The van der Waals surface area contributed by atoms with E-state index in [2.05, 4.69) is 76.3 Å². The van der Waals surface area contributed by atoms with E-state index in [4.69, 9.17) is 4.43 Å². The van der Waals surface area contributed by atoms with Crippen LogP contribution in [-0.2, 0) is 16.6 Å². The second-order valence-corrected chi connectivity index (χ2v) is 14.8. The zero-order valence-corrected chi connectivity index (χ0v) is 19.4. The van der Waals surface area contributed by atoms with E-state index in [0.717, 1.165) is 36.9 Å². The van der Waals surface area contributed by atoms with Crippen LogP contribution in [0.3, 0.4) is 0 Å². The molecule has 0 saturated carbocycles. The lowest BCUT2D eigenvalue weighted by molar-refractivity contribution is -0.0790. The number of fused-ring (bicyclic) bond motifs is 3. The molecule has 1 amide bonds. The molecule has 0 radical (unpaired) electrons. The van der Waals surface area contributed by atoms with Crippen molar-refractivity contribution in [1.29, 1.82) is 0 Å². The summed E-state index contributed by atoms with van der Waals surface area (Å²) in [6, 6.07) is 18.8. The van der Waals surface area contributed by atoms with Crippen molar-refractivity contribution < 1.29 is 9.22 Å². The molecule has 2 aliphatic rings. The van der Waals surface area contributed by atoms with Crippen LogP contribution in [0.1, 0.15) is 55.1 Å². The highest BCUT2D eigenvalue weighted by atomic mass is 28.4. The van der Waals surface area contributed by atoms with Gasteiger partial charge in [0.25, 0.3) is 5.91 Å². The van der Waals surface area contributed by atoms with E-state index in [1.165, 1.54) is 5.56 Å². The molecule has 0 N–H and O–H groups in total. The smallest absolute Gasteiger partial charge is 0.256 e. The van der Waals surface area contributed by atoms with Gasteiger partial charge in [-0.25, -0.2) is 0 Å². The van der Waals surface area contributed by atoms with E-state index in [9.17, 15) is 4.79 Å². The molecule has 0 spiro atoms. The fraction of sp³-hybridized carbons (Fsp3) is 0.480. The molecule has 154 valence electrons. The van der Waals surface area contributed by atoms with Gasteiger partial charge < -0.3 is 9.33 Å². The minimum atomic E-state index is -2.11. The molecular weight excluding hydrogens is 374 g/mol. The van der Waals surface area contributed by atoms with Crippen molar-refractivity contribution in [3.63, 3.8) is 0 Å². The summed E-state index contributed by atoms with van der Waals surface area (Å²) in [5, 5.41) is 0.0839. The van der Waals surface area contributed by atoms with Crippen LogP contribution in [0.4, 0.5) is 0 Å². The zero-order chi connectivity index (χ0) is 20.9. The van der Waals surface area contributed by atoms with Crippen molar-refractivity contribution in [3.8, 4) is 0 Å². The number of nitrogens with zero attached hydrogens (tertiary/aromatic N) is 1. The van der Waals surface area contributed by atoms with Crippen LogP contribution in [0.25, 0.3) is 0 Å². The second-order valence-electron chi connectivity index (χ2n) is 10.1. The number of hydrogen-bond acceptors (Lipinski definition) is 2. The molecule has 2 atom stereocenters. The highest BCUT2D eigenvalue weighted by molar-refractivity contribution is 6.74. The molecule has 4 rings (SSSR count). The Bertz CT molecular complexity index is 903. The van der Waals surface area contributed by atoms with Crippen molar-refractivity contribution in [1.82, 2.24) is 4.90 Å². The molecule has 0 unspecified atom stereocenters. The third kappa shape index (κ3) is 3.26. The van der Waals surface area contributed by atoms with Crippen molar-refractivity contribution >= 4 is 14.2 Å². The Morgan fingerprint density at radius 2 is 1.72 bits per heavy atom. The first-order valence-corrected chi connectivity index (χ1v) is 13.7. The molecule has 1 saturated heterocycles. The summed E-state index contributed by atoms with van der Waals surface area (Å²) in [7, 11) is -2.11. The van der Waals surface area contributed by atoms with E-state index in [1.807, 2.05) is 17.0 Å². The fourth-order valence-electron chi connectivity index (χ4n) is 4.67. The number of benzene rings is 2. The number of rotatable bonds is 5. The Labute approximate surface area is 176 Å². The second kappa shape index (κ2) is 7.10. The van der Waals surface area contributed by atoms with Crippen LogP contribution in [0, 0.1) is 5.92 Å². The maximum absolute atomic E-state index is 13.3. The molecule has 0 aromatic heterocycles. The number of aryl methyl sites for hydroxylation is 1. The topological polar surface area (TPSA) is 29.5 Å². The van der Waals surface area contributed by atoms with Crippen molar-refractivity contribution in [3.05, 3.63) is 71.3 Å². The maximum Gasteiger partial charge on any atom is 0.256 e. The first-order chi connectivity index (χ1) is 13.7. The summed E-state index contributed by atoms with van der Waals surface area (Å²) in [4.78, 5) is 15.3. The van der Waals surface area contributed by atoms with Gasteiger partial charge in [-0.3, -0.25) is 4.79 Å². The fourth-order valence-corrected chi connectivity index (χ4v) is 6.14. The Morgan fingerprint density at radius 3 is 2.41 bits per heavy atom. The Hall–Kier alpha value is -1.91. The van der Waals surface area contributed by atoms with E-state index in [0.29, 0.717) is 5.92 Å². The van der Waals surface area contributed by atoms with Gasteiger partial charge in [0.05, 0.1) is 0 Å². The molecule has 3 nitrogen and oxygen atoms in total. The average molecular weight is 408 g/mol. The predicted molar refractivity (Wildman–Crippen MR) is 120 cm³/mol. The third-order valence-corrected chi connectivity index (χ3v) is 11.7. The third-order valence-electron chi connectivity index (χ3n) is 7.29. The van der Waals surface area contributed by atoms with Crippen LogP contribution < -0.4 is 0 Å². The molecular formula is C25H33NO2Si. The van der Waals surface area contributed by atoms with Crippen LogP contribution >= 0.6 is 0 Å². The first kappa shape index (κ1) is 20.4. The summed E-state index contributed by atoms with van der Waals surface area (Å²) in [5.41, 5.74) is 2.66. The number of carbonyl (C=O) groups excluding carboxylic acids is 1. The lowest BCUT2D eigenvalue weighted by atomic mass is 9.85. The minimum absolute atomic E-state index is 0.0839. The van der Waals surface area contributed by atoms with Crippen LogP contribution in [-0.4, -0.2) is 25.7 Å². The molecule has 29 heavy (non-hydrogen) atoms. The zero-order valence-electron chi connectivity index (χ0n) is 18.4. The van der Waals surface area contributed by atoms with Gasteiger partial charge in [0.15, 0.2) is 14.0 Å². The number of hydrogen-bond donors (Lipinski definition) is 0. The van der Waals surface area contributed by atoms with E-state index >= 15 is 0 Å². The molecule has 0 aliphatic carbocycles. The number of amides is 1. The SMILES string of the molecule is CC(C)(C)[Si](C)(C)O[C@@]12c3ccccc3C(=O)N1CC[C@@H]2CCc1ccccc1. The lowest BCUT2D eigenvalue weighted by Crippen LogP contribution is -2.54. The molecule has 0 bridgehead atoms. The van der Waals surface area contributed by atoms with Crippen LogP contribution in [0.2, 0.25) is 18.1 Å². The molecule has 2 aromatic rings. The van der Waals surface area contributed by atoms with Gasteiger partial charge in [0.1, 0.15) is 0 Å². The van der Waals surface area contributed by atoms with Crippen molar-refractivity contribution in [2.45, 2.75) is 63.9 Å². The summed E-state index contributed by atoms with van der Waals surface area (Å²) in [5.74, 6) is 0.450. The maximum atomic E-state index is 13.3. The van der Waals surface area contributed by atoms with Crippen LogP contribution in [0.15, 0.2) is 54.6 Å². The van der Waals surface area contributed by atoms with Gasteiger partial charge in [-0.2, -0.15) is 0 Å². The predicted octanol–water partition coefficient (Wildman–Crippen LogP) is 5.97. The summed E-state index contributed by atoms with van der Waals surface area (Å²) >= 11 is 0. The Kier molecular flexibility index (Phi) is 4.99. The highest BCUT2D eigenvalue weighted by Gasteiger charge is 2.61. The van der Waals surface area contributed by atoms with Crippen molar-refractivity contribution in [2.75, 3.05) is 6.54 Å². The van der Waals surface area contributed by atoms with E-state index in [-0.39, 0.29) is 10.9 Å². The highest BCUT2D eigenvalue weighted by Crippen LogP contribution is 2.55. The molecule has 2 heterocycles. The molecule has 2 aromatic carbocycles. The van der Waals surface area contributed by atoms with E-state index < -0.39 is 14.0 Å². The number of carbonyl (C=O) groups is 1. The van der Waals surface area contributed by atoms with Gasteiger partial charge in [0, 0.05) is 23.6 Å². The normalized spacial score (nSPS) is 24.0. The van der Waals surface area contributed by atoms with Gasteiger partial charge in [0.2, 0.25) is 0 Å². The Balaban J connectivity index is 1.75. The van der Waals surface area contributed by atoms with Crippen LogP contribution in [0.5, 0.6) is 0 Å². The molecule has 2 aliphatic heterocycles. The first-order valence-electron chi connectivity index (χ1n) is 10.8. The monoisotopic (exact) mass is 407 g/mol. The molecule has 4 heteroatoms. The van der Waals surface area contributed by atoms with Gasteiger partial charge in [-0.05, 0) is 49.0 Å². The van der Waals surface area contributed by atoms with Gasteiger partial charge in [-0.1, -0.05) is 69.3 Å². The van der Waals surface area contributed by atoms with Crippen molar-refractivity contribution in [2.24, 2.45) is 5.92 Å². The summed E-state index contributed by atoms with van der Waals surface area (Å²) in [6.45, 7) is 12.2. The standard InChI is InChI=1S/C25H33NO2Si/c1-24(2,3)29(4,5)28-25-20(16-15-19-11-7-6-8-12-19)17-18-26(25)23(27)21-13-9-10-14-22(21)25/h6-14,20H,15-18H2,1-5H3/t20-,25-/m0/s1. The van der Waals surface area contributed by atoms with Gasteiger partial charge >= 0.3 is 0 Å². The van der Waals surface area contributed by atoms with Gasteiger partial charge in [-0.15, -0.1) is 0 Å². The minimum Gasteiger partial charge on any atom is -0.391 e. The quantitative estimate of drug-likeness (QED) is 0.572. The largest absolute Gasteiger partial charge is 0.391 e. The summed E-state index contributed by atoms with van der Waals surface area (Å²) in [6.07, 6.45) is 3.04. The average Bonchev–Trinajstić information content (AvgIpc) is 3.14. The summed E-state index contributed by atoms with van der Waals surface area (Å²) < 4.78 is 7.22. The molecule has 1 fully saturated rings. The van der Waals surface area contributed by atoms with E-state index in [1.54, 1.807) is 0 Å². The lowest BCUT2D eigenvalue weighted by Gasteiger charge is -2.48. The Morgan fingerprint density at radius 1 is 1.07 bits per heavy atom.